The molecule has 1 fully saturated rings. The standard InChI is InChI=1S/C6H8F2N2.ClH/c7-5(8)4-1-6(10,2-4)3-9;/h4-5H,1-2,10H2;1H. The Balaban J connectivity index is 0.000001000. The van der Waals surface area contributed by atoms with Crippen molar-refractivity contribution in [1.29, 1.82) is 5.26 Å². The van der Waals surface area contributed by atoms with Gasteiger partial charge in [0.2, 0.25) is 6.43 Å². The van der Waals surface area contributed by atoms with Crippen LogP contribution in [0.1, 0.15) is 12.8 Å². The monoisotopic (exact) mass is 182 g/mol. The normalized spacial score (nSPS) is 35.4. The van der Waals surface area contributed by atoms with Gasteiger partial charge in [-0.1, -0.05) is 0 Å². The lowest BCUT2D eigenvalue weighted by atomic mass is 9.70. The fraction of sp³-hybridized carbons (Fsp3) is 0.833. The molecule has 2 nitrogen and oxygen atoms in total. The van der Waals surface area contributed by atoms with E-state index in [4.69, 9.17) is 11.0 Å². The summed E-state index contributed by atoms with van der Waals surface area (Å²) in [7, 11) is 0. The Morgan fingerprint density at radius 2 is 2.00 bits per heavy atom. The van der Waals surface area contributed by atoms with Crippen molar-refractivity contribution in [3.63, 3.8) is 0 Å². The molecular formula is C6H9ClF2N2. The summed E-state index contributed by atoms with van der Waals surface area (Å²) in [4.78, 5) is 0. The number of hydrogen-bond donors (Lipinski definition) is 1. The first-order valence-electron chi connectivity index (χ1n) is 3.06. The summed E-state index contributed by atoms with van der Waals surface area (Å²) < 4.78 is 23.6. The topological polar surface area (TPSA) is 49.8 Å². The van der Waals surface area contributed by atoms with Gasteiger partial charge in [-0.05, 0) is 12.8 Å². The van der Waals surface area contributed by atoms with Crippen LogP contribution in [0.3, 0.4) is 0 Å². The molecule has 0 atom stereocenters. The van der Waals surface area contributed by atoms with E-state index in [0.717, 1.165) is 0 Å². The first kappa shape index (κ1) is 10.6. The molecule has 11 heavy (non-hydrogen) atoms. The van der Waals surface area contributed by atoms with Gasteiger partial charge in [0.05, 0.1) is 6.07 Å². The Kier molecular flexibility index (Phi) is 3.21. The third-order valence-electron chi connectivity index (χ3n) is 1.83. The van der Waals surface area contributed by atoms with Crippen LogP contribution in [0.4, 0.5) is 8.78 Å². The second-order valence-electron chi connectivity index (χ2n) is 2.77. The van der Waals surface area contributed by atoms with E-state index >= 15 is 0 Å². The largest absolute Gasteiger partial charge is 0.313 e. The van der Waals surface area contributed by atoms with Crippen molar-refractivity contribution in [3.8, 4) is 6.07 Å². The van der Waals surface area contributed by atoms with Crippen LogP contribution in [-0.4, -0.2) is 12.0 Å². The number of nitrogens with two attached hydrogens (primary N) is 1. The summed E-state index contributed by atoms with van der Waals surface area (Å²) in [6, 6.07) is 1.81. The van der Waals surface area contributed by atoms with Gasteiger partial charge in [0, 0.05) is 5.92 Å². The minimum Gasteiger partial charge on any atom is -0.313 e. The number of alkyl halides is 2. The molecule has 0 radical (unpaired) electrons. The first-order valence-corrected chi connectivity index (χ1v) is 3.06. The van der Waals surface area contributed by atoms with Gasteiger partial charge < -0.3 is 5.73 Å². The van der Waals surface area contributed by atoms with E-state index in [1.54, 1.807) is 0 Å². The molecule has 0 aliphatic heterocycles. The van der Waals surface area contributed by atoms with Crippen molar-refractivity contribution in [2.75, 3.05) is 0 Å². The van der Waals surface area contributed by atoms with Gasteiger partial charge in [-0.25, -0.2) is 8.78 Å². The maximum Gasteiger partial charge on any atom is 0.241 e. The zero-order chi connectivity index (χ0) is 7.78. The van der Waals surface area contributed by atoms with Gasteiger partial charge >= 0.3 is 0 Å². The minimum absolute atomic E-state index is 0. The lowest BCUT2D eigenvalue weighted by molar-refractivity contribution is 0.00664. The Bertz CT molecular complexity index is 172. The van der Waals surface area contributed by atoms with Crippen LogP contribution in [-0.2, 0) is 0 Å². The smallest absolute Gasteiger partial charge is 0.241 e. The Hall–Kier alpha value is -0.400. The van der Waals surface area contributed by atoms with E-state index in [2.05, 4.69) is 0 Å². The van der Waals surface area contributed by atoms with Crippen molar-refractivity contribution in [3.05, 3.63) is 0 Å². The van der Waals surface area contributed by atoms with E-state index in [0.29, 0.717) is 0 Å². The first-order chi connectivity index (χ1) is 4.57. The summed E-state index contributed by atoms with van der Waals surface area (Å²) in [6.45, 7) is 0. The zero-order valence-corrected chi connectivity index (χ0v) is 6.57. The maximum atomic E-state index is 11.8. The van der Waals surface area contributed by atoms with Crippen LogP contribution in [0.25, 0.3) is 0 Å². The molecule has 1 saturated carbocycles. The van der Waals surface area contributed by atoms with Gasteiger partial charge in [-0.3, -0.25) is 0 Å². The molecule has 5 heteroatoms. The van der Waals surface area contributed by atoms with Crippen LogP contribution < -0.4 is 5.73 Å². The molecule has 1 aliphatic rings. The third kappa shape index (κ3) is 2.01. The van der Waals surface area contributed by atoms with Gasteiger partial charge in [-0.2, -0.15) is 5.26 Å². The molecule has 2 N–H and O–H groups in total. The number of halogens is 3. The Morgan fingerprint density at radius 3 is 2.27 bits per heavy atom. The highest BCUT2D eigenvalue weighted by atomic mass is 35.5. The average Bonchev–Trinajstić information content (AvgIpc) is 1.80. The van der Waals surface area contributed by atoms with Gasteiger partial charge in [0.25, 0.3) is 0 Å². The second kappa shape index (κ2) is 3.33. The lowest BCUT2D eigenvalue weighted by Gasteiger charge is -2.38. The van der Waals surface area contributed by atoms with Crippen LogP contribution in [0.2, 0.25) is 0 Å². The highest BCUT2D eigenvalue weighted by molar-refractivity contribution is 5.85. The van der Waals surface area contributed by atoms with Crippen LogP contribution in [0.5, 0.6) is 0 Å². The van der Waals surface area contributed by atoms with Crippen molar-refractivity contribution in [2.24, 2.45) is 11.7 Å². The van der Waals surface area contributed by atoms with Gasteiger partial charge in [0.1, 0.15) is 5.54 Å². The fourth-order valence-electron chi connectivity index (χ4n) is 1.15. The molecule has 0 aromatic rings. The summed E-state index contributed by atoms with van der Waals surface area (Å²) in [5.74, 6) is -0.648. The molecule has 0 unspecified atom stereocenters. The van der Waals surface area contributed by atoms with Crippen molar-refractivity contribution in [1.82, 2.24) is 0 Å². The Labute approximate surface area is 69.8 Å². The number of rotatable bonds is 1. The molecule has 0 bridgehead atoms. The van der Waals surface area contributed by atoms with Crippen LogP contribution in [0, 0.1) is 17.2 Å². The number of nitrogens with zero attached hydrogens (tertiary/aromatic N) is 1. The summed E-state index contributed by atoms with van der Waals surface area (Å²) >= 11 is 0. The Morgan fingerprint density at radius 1 is 1.55 bits per heavy atom. The summed E-state index contributed by atoms with van der Waals surface area (Å²) in [5.41, 5.74) is 4.38. The van der Waals surface area contributed by atoms with Crippen molar-refractivity contribution < 1.29 is 8.78 Å². The molecule has 0 saturated heterocycles. The molecule has 1 rings (SSSR count). The maximum absolute atomic E-state index is 11.8. The van der Waals surface area contributed by atoms with Crippen molar-refractivity contribution in [2.45, 2.75) is 24.8 Å². The van der Waals surface area contributed by atoms with Crippen LogP contribution >= 0.6 is 12.4 Å². The number of nitriles is 1. The highest BCUT2D eigenvalue weighted by Crippen LogP contribution is 2.38. The summed E-state index contributed by atoms with van der Waals surface area (Å²) in [6.07, 6.45) is -2.03. The zero-order valence-electron chi connectivity index (χ0n) is 5.76. The minimum atomic E-state index is -2.31. The van der Waals surface area contributed by atoms with E-state index < -0.39 is 17.9 Å². The number of hydrogen-bond acceptors (Lipinski definition) is 2. The predicted molar refractivity (Wildman–Crippen MR) is 38.5 cm³/mol. The molecule has 0 heterocycles. The molecular weight excluding hydrogens is 174 g/mol. The summed E-state index contributed by atoms with van der Waals surface area (Å²) in [5, 5.41) is 8.32. The second-order valence-corrected chi connectivity index (χ2v) is 2.77. The fourth-order valence-corrected chi connectivity index (χ4v) is 1.15. The molecule has 0 aromatic carbocycles. The van der Waals surface area contributed by atoms with Gasteiger partial charge in [-0.15, -0.1) is 12.4 Å². The molecule has 64 valence electrons. The van der Waals surface area contributed by atoms with E-state index in [-0.39, 0.29) is 25.2 Å². The van der Waals surface area contributed by atoms with E-state index in [9.17, 15) is 8.78 Å². The molecule has 1 aliphatic carbocycles. The SMILES string of the molecule is Cl.N#CC1(N)CC(C(F)F)C1. The van der Waals surface area contributed by atoms with E-state index in [1.165, 1.54) is 0 Å². The van der Waals surface area contributed by atoms with Crippen molar-refractivity contribution >= 4 is 12.4 Å². The third-order valence-corrected chi connectivity index (χ3v) is 1.83. The van der Waals surface area contributed by atoms with E-state index in [1.807, 2.05) is 6.07 Å². The molecule has 0 aromatic heterocycles. The quantitative estimate of drug-likeness (QED) is 0.665. The van der Waals surface area contributed by atoms with Crippen LogP contribution in [0.15, 0.2) is 0 Å². The lowest BCUT2D eigenvalue weighted by Crippen LogP contribution is -2.52. The molecule has 0 spiro atoms. The average molecular weight is 183 g/mol. The predicted octanol–water partition coefficient (Wildman–Crippen LogP) is 1.30. The molecule has 0 amide bonds. The van der Waals surface area contributed by atoms with Gasteiger partial charge in [0.15, 0.2) is 0 Å². The highest BCUT2D eigenvalue weighted by Gasteiger charge is 2.45.